The Hall–Kier alpha value is -3.17. The van der Waals surface area contributed by atoms with Gasteiger partial charge in [-0.2, -0.15) is 14.6 Å². The topological polar surface area (TPSA) is 99.0 Å². The highest BCUT2D eigenvalue weighted by Gasteiger charge is 2.30. The molecule has 2 N–H and O–H groups in total. The number of benzene rings is 1. The molecule has 2 aliphatic heterocycles. The molecule has 0 radical (unpaired) electrons. The van der Waals surface area contributed by atoms with Crippen molar-refractivity contribution < 1.29 is 19.0 Å². The Morgan fingerprint density at radius 2 is 1.81 bits per heavy atom. The average molecular weight is 506 g/mol. The van der Waals surface area contributed by atoms with E-state index in [1.165, 1.54) is 0 Å². The first kappa shape index (κ1) is 24.2. The van der Waals surface area contributed by atoms with Gasteiger partial charge in [-0.15, -0.1) is 0 Å². The largest absolute Gasteiger partial charge is 0.474 e. The molecule has 1 saturated carbocycles. The lowest BCUT2D eigenvalue weighted by Crippen LogP contribution is -2.26. The van der Waals surface area contributed by atoms with Crippen molar-refractivity contribution in [2.75, 3.05) is 43.6 Å². The minimum absolute atomic E-state index is 0.0926. The van der Waals surface area contributed by atoms with Gasteiger partial charge in [-0.3, -0.25) is 4.79 Å². The Bertz CT molecular complexity index is 1260. The lowest BCUT2D eigenvalue weighted by molar-refractivity contribution is -0.117. The number of carbonyl (C=O) groups is 1. The van der Waals surface area contributed by atoms with E-state index < -0.39 is 0 Å². The van der Waals surface area contributed by atoms with Crippen LogP contribution in [-0.4, -0.2) is 59.6 Å². The van der Waals surface area contributed by atoms with E-state index in [9.17, 15) is 4.79 Å². The van der Waals surface area contributed by atoms with Crippen LogP contribution in [0, 0.1) is 18.8 Å². The number of amides is 1. The van der Waals surface area contributed by atoms with Crippen molar-refractivity contribution in [1.29, 1.82) is 0 Å². The van der Waals surface area contributed by atoms with Crippen molar-refractivity contribution in [3.05, 3.63) is 36.0 Å². The Kier molecular flexibility index (Phi) is 6.97. The summed E-state index contributed by atoms with van der Waals surface area (Å²) in [5.74, 6) is 2.32. The molecule has 3 aromatic rings. The minimum Gasteiger partial charge on any atom is -0.474 e. The predicted molar refractivity (Wildman–Crippen MR) is 141 cm³/mol. The lowest BCUT2D eigenvalue weighted by Gasteiger charge is -2.24. The third kappa shape index (κ3) is 5.57. The van der Waals surface area contributed by atoms with Crippen LogP contribution in [0.5, 0.6) is 5.88 Å². The highest BCUT2D eigenvalue weighted by molar-refractivity contribution is 5.95. The molecular formula is C28H35N5O4. The van der Waals surface area contributed by atoms with Crippen LogP contribution in [-0.2, 0) is 14.3 Å². The number of hydrogen-bond donors (Lipinski definition) is 2. The molecule has 0 atom stereocenters. The SMILES string of the molecule is Cc1cc(-c2cnn3c(NCC4CCOCC4)cc(OC4CCOCC4)nc23)ccc1NC(=O)C1CC1. The smallest absolute Gasteiger partial charge is 0.227 e. The van der Waals surface area contributed by atoms with Crippen molar-refractivity contribution in [1.82, 2.24) is 14.6 Å². The van der Waals surface area contributed by atoms with Gasteiger partial charge in [-0.25, -0.2) is 0 Å². The number of nitrogens with one attached hydrogen (secondary N) is 2. The molecule has 1 amide bonds. The van der Waals surface area contributed by atoms with Gasteiger partial charge in [0.1, 0.15) is 11.9 Å². The number of aryl methyl sites for hydroxylation is 1. The molecule has 9 nitrogen and oxygen atoms in total. The van der Waals surface area contributed by atoms with Gasteiger partial charge >= 0.3 is 0 Å². The van der Waals surface area contributed by atoms with Gasteiger partial charge in [0.2, 0.25) is 11.8 Å². The second kappa shape index (κ2) is 10.7. The fourth-order valence-electron chi connectivity index (χ4n) is 5.05. The van der Waals surface area contributed by atoms with Gasteiger partial charge in [0.05, 0.1) is 19.4 Å². The summed E-state index contributed by atoms with van der Waals surface area (Å²) in [5.41, 5.74) is 4.54. The van der Waals surface area contributed by atoms with Crippen LogP contribution in [0.2, 0.25) is 0 Å². The molecule has 0 spiro atoms. The van der Waals surface area contributed by atoms with Crippen LogP contribution in [0.4, 0.5) is 11.5 Å². The Morgan fingerprint density at radius 1 is 1.05 bits per heavy atom. The number of rotatable bonds is 8. The molecule has 37 heavy (non-hydrogen) atoms. The lowest BCUT2D eigenvalue weighted by atomic mass is 10.0. The number of aromatic nitrogens is 3. The first-order valence-corrected chi connectivity index (χ1v) is 13.5. The average Bonchev–Trinajstić information content (AvgIpc) is 3.69. The Balaban J connectivity index is 1.30. The van der Waals surface area contributed by atoms with Gasteiger partial charge in [-0.05, 0) is 61.8 Å². The molecule has 6 rings (SSSR count). The molecule has 3 aliphatic rings. The van der Waals surface area contributed by atoms with Crippen molar-refractivity contribution in [2.45, 2.75) is 51.6 Å². The number of fused-ring (bicyclic) bond motifs is 1. The summed E-state index contributed by atoms with van der Waals surface area (Å²) in [4.78, 5) is 17.2. The van der Waals surface area contributed by atoms with E-state index >= 15 is 0 Å². The van der Waals surface area contributed by atoms with E-state index in [0.29, 0.717) is 25.0 Å². The third-order valence-electron chi connectivity index (χ3n) is 7.56. The van der Waals surface area contributed by atoms with Crippen molar-refractivity contribution in [3.63, 3.8) is 0 Å². The van der Waals surface area contributed by atoms with E-state index in [1.807, 2.05) is 35.8 Å². The van der Waals surface area contributed by atoms with Crippen LogP contribution in [0.1, 0.15) is 44.1 Å². The van der Waals surface area contributed by atoms with Crippen molar-refractivity contribution >= 4 is 23.1 Å². The zero-order chi connectivity index (χ0) is 25.2. The summed E-state index contributed by atoms with van der Waals surface area (Å²) in [7, 11) is 0. The third-order valence-corrected chi connectivity index (χ3v) is 7.56. The number of nitrogens with zero attached hydrogens (tertiary/aromatic N) is 3. The molecule has 0 unspecified atom stereocenters. The zero-order valence-corrected chi connectivity index (χ0v) is 21.4. The highest BCUT2D eigenvalue weighted by Crippen LogP contribution is 2.33. The number of ether oxygens (including phenoxy) is 3. The monoisotopic (exact) mass is 505 g/mol. The van der Waals surface area contributed by atoms with E-state index in [1.54, 1.807) is 0 Å². The van der Waals surface area contributed by atoms with Gasteiger partial charge in [0, 0.05) is 55.8 Å². The second-order valence-corrected chi connectivity index (χ2v) is 10.4. The number of carbonyl (C=O) groups excluding carboxylic acids is 1. The fourth-order valence-corrected chi connectivity index (χ4v) is 5.05. The molecule has 0 bridgehead atoms. The summed E-state index contributed by atoms with van der Waals surface area (Å²) >= 11 is 0. The maximum Gasteiger partial charge on any atom is 0.227 e. The van der Waals surface area contributed by atoms with Crippen LogP contribution in [0.25, 0.3) is 16.8 Å². The second-order valence-electron chi connectivity index (χ2n) is 10.4. The Labute approximate surface area is 216 Å². The maximum absolute atomic E-state index is 12.3. The molecule has 3 fully saturated rings. The summed E-state index contributed by atoms with van der Waals surface area (Å²) in [5, 5.41) is 11.4. The van der Waals surface area contributed by atoms with Crippen LogP contribution in [0.15, 0.2) is 30.5 Å². The molecule has 1 aliphatic carbocycles. The molecule has 4 heterocycles. The molecule has 2 saturated heterocycles. The molecular weight excluding hydrogens is 470 g/mol. The van der Waals surface area contributed by atoms with Crippen LogP contribution >= 0.6 is 0 Å². The maximum atomic E-state index is 12.3. The van der Waals surface area contributed by atoms with Crippen LogP contribution in [0.3, 0.4) is 0 Å². The van der Waals surface area contributed by atoms with Gasteiger partial charge < -0.3 is 24.8 Å². The summed E-state index contributed by atoms with van der Waals surface area (Å²) < 4.78 is 19.2. The van der Waals surface area contributed by atoms with Crippen molar-refractivity contribution in [3.8, 4) is 17.0 Å². The molecule has 9 heteroatoms. The fraction of sp³-hybridized carbons (Fsp3) is 0.536. The minimum atomic E-state index is 0.0926. The normalized spacial score (nSPS) is 19.2. The quantitative estimate of drug-likeness (QED) is 0.467. The molecule has 2 aromatic heterocycles. The zero-order valence-electron chi connectivity index (χ0n) is 21.4. The summed E-state index contributed by atoms with van der Waals surface area (Å²) in [6.07, 6.45) is 7.75. The predicted octanol–water partition coefficient (Wildman–Crippen LogP) is 4.45. The first-order valence-electron chi connectivity index (χ1n) is 13.5. The Morgan fingerprint density at radius 3 is 2.54 bits per heavy atom. The number of hydrogen-bond acceptors (Lipinski definition) is 7. The van der Waals surface area contributed by atoms with Gasteiger partial charge in [0.25, 0.3) is 0 Å². The van der Waals surface area contributed by atoms with E-state index in [4.69, 9.17) is 24.3 Å². The highest BCUT2D eigenvalue weighted by atomic mass is 16.5. The first-order chi connectivity index (χ1) is 18.1. The van der Waals surface area contributed by atoms with E-state index in [2.05, 4.69) is 16.7 Å². The van der Waals surface area contributed by atoms with E-state index in [0.717, 1.165) is 92.1 Å². The van der Waals surface area contributed by atoms with Gasteiger partial charge in [-0.1, -0.05) is 6.07 Å². The molecule has 196 valence electrons. The summed E-state index contributed by atoms with van der Waals surface area (Å²) in [6.45, 7) is 5.93. The summed E-state index contributed by atoms with van der Waals surface area (Å²) in [6, 6.07) is 8.04. The van der Waals surface area contributed by atoms with E-state index in [-0.39, 0.29) is 17.9 Å². The number of anilines is 2. The standard InChI is InChI=1S/C28H35N5O4/c1-18-14-21(4-5-24(18)31-28(34)20-2-3-20)23-17-30-33-25(29-16-19-6-10-35-11-7-19)15-26(32-27(23)33)37-22-8-12-36-13-9-22/h4-5,14-15,17,19-20,22,29H,2-3,6-13,16H2,1H3,(H,31,34). The van der Waals surface area contributed by atoms with Crippen molar-refractivity contribution in [2.24, 2.45) is 11.8 Å². The van der Waals surface area contributed by atoms with Crippen LogP contribution < -0.4 is 15.4 Å². The molecule has 1 aromatic carbocycles. The van der Waals surface area contributed by atoms with Gasteiger partial charge in [0.15, 0.2) is 5.65 Å².